The maximum Gasteiger partial charge on any atom is 0.168 e. The van der Waals surface area contributed by atoms with Crippen molar-refractivity contribution >= 4 is 6.29 Å². The zero-order valence-corrected chi connectivity index (χ0v) is 9.81. The third-order valence-electron chi connectivity index (χ3n) is 3.56. The zero-order chi connectivity index (χ0) is 11.4. The number of aldehydes is 1. The van der Waals surface area contributed by atoms with E-state index < -0.39 is 0 Å². The van der Waals surface area contributed by atoms with E-state index in [1.807, 2.05) is 6.92 Å². The summed E-state index contributed by atoms with van der Waals surface area (Å²) in [5, 5.41) is 0. The molecule has 0 aromatic rings. The Morgan fingerprint density at radius 1 is 1.38 bits per heavy atom. The van der Waals surface area contributed by atoms with E-state index >= 15 is 0 Å². The highest BCUT2D eigenvalue weighted by Gasteiger charge is 2.42. The summed E-state index contributed by atoms with van der Waals surface area (Å²) in [5.74, 6) is -0.00764. The maximum atomic E-state index is 10.9. The molecule has 1 unspecified atom stereocenters. The second-order valence-electron chi connectivity index (χ2n) is 4.50. The Hall–Kier alpha value is -0.450. The number of carbonyl (C=O) groups excluding carboxylic acids is 1. The van der Waals surface area contributed by atoms with Crippen LogP contribution >= 0.6 is 0 Å². The molecule has 4 nitrogen and oxygen atoms in total. The van der Waals surface area contributed by atoms with Crippen molar-refractivity contribution in [2.24, 2.45) is 5.92 Å². The molecule has 2 fully saturated rings. The van der Waals surface area contributed by atoms with Gasteiger partial charge in [-0.25, -0.2) is 0 Å². The average Bonchev–Trinajstić information content (AvgIpc) is 2.76. The molecule has 1 saturated heterocycles. The summed E-state index contributed by atoms with van der Waals surface area (Å²) in [6.07, 6.45) is 4.35. The predicted octanol–water partition coefficient (Wildman–Crippen LogP) is 1.52. The van der Waals surface area contributed by atoms with E-state index in [2.05, 4.69) is 0 Å². The van der Waals surface area contributed by atoms with E-state index in [1.54, 1.807) is 0 Å². The lowest BCUT2D eigenvalue weighted by Crippen LogP contribution is -2.39. The molecule has 2 rings (SSSR count). The van der Waals surface area contributed by atoms with Crippen molar-refractivity contribution in [1.29, 1.82) is 0 Å². The molecule has 1 aliphatic carbocycles. The molecule has 2 aliphatic rings. The van der Waals surface area contributed by atoms with Gasteiger partial charge in [0.05, 0.1) is 13.2 Å². The average molecular weight is 228 g/mol. The molecule has 0 amide bonds. The highest BCUT2D eigenvalue weighted by atomic mass is 16.7. The lowest BCUT2D eigenvalue weighted by atomic mass is 9.82. The Morgan fingerprint density at radius 3 is 2.50 bits per heavy atom. The van der Waals surface area contributed by atoms with Crippen LogP contribution in [-0.2, 0) is 19.0 Å². The normalized spacial score (nSPS) is 27.1. The molecule has 4 heteroatoms. The Kier molecular flexibility index (Phi) is 3.95. The molecule has 0 bridgehead atoms. The van der Waals surface area contributed by atoms with Gasteiger partial charge in [-0.05, 0) is 25.7 Å². The first kappa shape index (κ1) is 12.0. The van der Waals surface area contributed by atoms with E-state index in [1.165, 1.54) is 0 Å². The summed E-state index contributed by atoms with van der Waals surface area (Å²) >= 11 is 0. The van der Waals surface area contributed by atoms with Crippen LogP contribution in [0.4, 0.5) is 0 Å². The van der Waals surface area contributed by atoms with Crippen LogP contribution in [0.15, 0.2) is 0 Å². The van der Waals surface area contributed by atoms with Gasteiger partial charge in [0.1, 0.15) is 12.4 Å². The van der Waals surface area contributed by atoms with Gasteiger partial charge in [0, 0.05) is 19.4 Å². The highest BCUT2D eigenvalue weighted by molar-refractivity contribution is 5.56. The second kappa shape index (κ2) is 5.25. The highest BCUT2D eigenvalue weighted by Crippen LogP contribution is 2.39. The van der Waals surface area contributed by atoms with Gasteiger partial charge in [0.2, 0.25) is 0 Å². The first-order chi connectivity index (χ1) is 7.79. The molecule has 1 spiro atoms. The van der Waals surface area contributed by atoms with Crippen LogP contribution in [0.2, 0.25) is 0 Å². The van der Waals surface area contributed by atoms with E-state index in [-0.39, 0.29) is 11.9 Å². The molecule has 1 aliphatic heterocycles. The van der Waals surface area contributed by atoms with Crippen molar-refractivity contribution in [3.8, 4) is 0 Å². The van der Waals surface area contributed by atoms with E-state index in [0.717, 1.165) is 32.0 Å². The first-order valence-corrected chi connectivity index (χ1v) is 6.14. The van der Waals surface area contributed by atoms with Crippen LogP contribution in [0.5, 0.6) is 0 Å². The Bertz CT molecular complexity index is 225. The van der Waals surface area contributed by atoms with Gasteiger partial charge in [-0.2, -0.15) is 0 Å². The minimum absolute atomic E-state index is 0.247. The van der Waals surface area contributed by atoms with Gasteiger partial charge in [0.25, 0.3) is 0 Å². The lowest BCUT2D eigenvalue weighted by molar-refractivity contribution is -0.188. The van der Waals surface area contributed by atoms with Gasteiger partial charge in [0.15, 0.2) is 5.79 Å². The van der Waals surface area contributed by atoms with Crippen LogP contribution < -0.4 is 0 Å². The molecule has 1 atom stereocenters. The number of hydrogen-bond donors (Lipinski definition) is 0. The van der Waals surface area contributed by atoms with Gasteiger partial charge in [-0.1, -0.05) is 0 Å². The van der Waals surface area contributed by atoms with Crippen molar-refractivity contribution in [3.05, 3.63) is 0 Å². The summed E-state index contributed by atoms with van der Waals surface area (Å²) in [4.78, 5) is 10.9. The van der Waals surface area contributed by atoms with Crippen LogP contribution in [0, 0.1) is 5.92 Å². The van der Waals surface area contributed by atoms with Crippen molar-refractivity contribution in [2.75, 3.05) is 19.8 Å². The van der Waals surface area contributed by atoms with E-state index in [0.29, 0.717) is 25.7 Å². The predicted molar refractivity (Wildman–Crippen MR) is 58.1 cm³/mol. The first-order valence-electron chi connectivity index (χ1n) is 6.14. The van der Waals surface area contributed by atoms with Gasteiger partial charge in [-0.3, -0.25) is 0 Å². The minimum atomic E-state index is -0.337. The summed E-state index contributed by atoms with van der Waals surface area (Å²) < 4.78 is 16.7. The molecule has 0 N–H and O–H groups in total. The number of hydrogen-bond acceptors (Lipinski definition) is 4. The third kappa shape index (κ3) is 2.44. The van der Waals surface area contributed by atoms with E-state index in [9.17, 15) is 4.79 Å². The fraction of sp³-hybridized carbons (Fsp3) is 0.917. The molecule has 0 aromatic heterocycles. The smallest absolute Gasteiger partial charge is 0.168 e. The Balaban J connectivity index is 1.86. The van der Waals surface area contributed by atoms with Crippen LogP contribution in [0.3, 0.4) is 0 Å². The lowest BCUT2D eigenvalue weighted by Gasteiger charge is -2.36. The van der Waals surface area contributed by atoms with Crippen LogP contribution in [-0.4, -0.2) is 38.0 Å². The Morgan fingerprint density at radius 2 is 2.00 bits per heavy atom. The third-order valence-corrected chi connectivity index (χ3v) is 3.56. The maximum absolute atomic E-state index is 10.9. The largest absolute Gasteiger partial charge is 0.371 e. The number of rotatable bonds is 4. The zero-order valence-electron chi connectivity index (χ0n) is 9.81. The van der Waals surface area contributed by atoms with Crippen molar-refractivity contribution in [3.63, 3.8) is 0 Å². The van der Waals surface area contributed by atoms with Crippen molar-refractivity contribution < 1.29 is 19.0 Å². The standard InChI is InChI=1S/C12H20O4/c1-2-14-11(9-13)10-3-5-12(6-4-10)15-7-8-16-12/h9-11H,2-8H2,1H3. The second-order valence-corrected chi connectivity index (χ2v) is 4.50. The molecule has 1 heterocycles. The molecule has 92 valence electrons. The quantitative estimate of drug-likeness (QED) is 0.684. The number of carbonyl (C=O) groups is 1. The fourth-order valence-corrected chi connectivity index (χ4v) is 2.67. The van der Waals surface area contributed by atoms with Gasteiger partial charge < -0.3 is 19.0 Å². The SMILES string of the molecule is CCOC(C=O)C1CCC2(CC1)OCCO2. The minimum Gasteiger partial charge on any atom is -0.371 e. The summed E-state index contributed by atoms with van der Waals surface area (Å²) in [7, 11) is 0. The van der Waals surface area contributed by atoms with Gasteiger partial charge >= 0.3 is 0 Å². The molecule has 1 saturated carbocycles. The van der Waals surface area contributed by atoms with Gasteiger partial charge in [-0.15, -0.1) is 0 Å². The molecule has 16 heavy (non-hydrogen) atoms. The van der Waals surface area contributed by atoms with E-state index in [4.69, 9.17) is 14.2 Å². The monoisotopic (exact) mass is 228 g/mol. The Labute approximate surface area is 96.2 Å². The summed E-state index contributed by atoms with van der Waals surface area (Å²) in [6.45, 7) is 3.92. The molecular formula is C12H20O4. The summed E-state index contributed by atoms with van der Waals surface area (Å²) in [5.41, 5.74) is 0. The summed E-state index contributed by atoms with van der Waals surface area (Å²) in [6, 6.07) is 0. The molecule has 0 aromatic carbocycles. The van der Waals surface area contributed by atoms with Crippen molar-refractivity contribution in [1.82, 2.24) is 0 Å². The topological polar surface area (TPSA) is 44.8 Å². The fourth-order valence-electron chi connectivity index (χ4n) is 2.67. The van der Waals surface area contributed by atoms with Crippen LogP contribution in [0.1, 0.15) is 32.6 Å². The molecule has 0 radical (unpaired) electrons. The van der Waals surface area contributed by atoms with Crippen LogP contribution in [0.25, 0.3) is 0 Å². The number of ether oxygens (including phenoxy) is 3. The van der Waals surface area contributed by atoms with Crippen molar-refractivity contribution in [2.45, 2.75) is 44.5 Å². The molecular weight excluding hydrogens is 208 g/mol.